The molecule has 9 heteroatoms. The number of rotatable bonds is 4. The average Bonchev–Trinajstić information content (AvgIpc) is 2.89. The minimum absolute atomic E-state index is 0.0869. The lowest BCUT2D eigenvalue weighted by Crippen LogP contribution is -2.23. The molecule has 0 aromatic carbocycles. The molecule has 1 aliphatic rings. The van der Waals surface area contributed by atoms with Crippen LogP contribution in [-0.2, 0) is 14.6 Å². The standard InChI is InChI=1S/C12H18N4O3S2/c1-7(11-8(2)16-20-12(11)13)14-15-10(17)5-9-3-4-21(18,19)6-9/h9H,3-6,13H2,1-2H3,(H,15,17)/b14-7-/t9-/m0/s1. The number of aromatic nitrogens is 1. The fourth-order valence-corrected chi connectivity index (χ4v) is 4.95. The fourth-order valence-electron chi connectivity index (χ4n) is 2.37. The van der Waals surface area contributed by atoms with E-state index in [9.17, 15) is 13.2 Å². The molecule has 1 aromatic rings. The summed E-state index contributed by atoms with van der Waals surface area (Å²) in [5.41, 5.74) is 10.4. The molecule has 1 atom stereocenters. The van der Waals surface area contributed by atoms with Gasteiger partial charge >= 0.3 is 0 Å². The molecule has 3 N–H and O–H groups in total. The van der Waals surface area contributed by atoms with Crippen LogP contribution in [-0.4, -0.2) is 35.9 Å². The van der Waals surface area contributed by atoms with Gasteiger partial charge in [0.1, 0.15) is 5.00 Å². The predicted octanol–water partition coefficient (Wildman–Crippen LogP) is 0.699. The van der Waals surface area contributed by atoms with Gasteiger partial charge in [0.15, 0.2) is 9.84 Å². The van der Waals surface area contributed by atoms with Crippen molar-refractivity contribution in [2.75, 3.05) is 17.2 Å². The predicted molar refractivity (Wildman–Crippen MR) is 83.0 cm³/mol. The molecule has 0 radical (unpaired) electrons. The van der Waals surface area contributed by atoms with Gasteiger partial charge in [-0.15, -0.1) is 0 Å². The lowest BCUT2D eigenvalue weighted by Gasteiger charge is -2.06. The Morgan fingerprint density at radius 2 is 2.29 bits per heavy atom. The van der Waals surface area contributed by atoms with Crippen molar-refractivity contribution < 1.29 is 13.2 Å². The molecular formula is C12H18N4O3S2. The number of hydrazone groups is 1. The van der Waals surface area contributed by atoms with Crippen LogP contribution in [0.1, 0.15) is 31.0 Å². The van der Waals surface area contributed by atoms with Crippen LogP contribution in [0.15, 0.2) is 5.10 Å². The first-order valence-electron chi connectivity index (χ1n) is 6.54. The number of nitrogens with two attached hydrogens (primary N) is 1. The van der Waals surface area contributed by atoms with Crippen molar-refractivity contribution in [3.8, 4) is 0 Å². The van der Waals surface area contributed by atoms with Crippen LogP contribution in [0, 0.1) is 12.8 Å². The number of hydrogen-bond donors (Lipinski definition) is 2. The van der Waals surface area contributed by atoms with Gasteiger partial charge in [0.2, 0.25) is 5.91 Å². The van der Waals surface area contributed by atoms with E-state index in [1.807, 2.05) is 6.92 Å². The Morgan fingerprint density at radius 1 is 1.57 bits per heavy atom. The molecule has 116 valence electrons. The van der Waals surface area contributed by atoms with Gasteiger partial charge in [0.25, 0.3) is 0 Å². The summed E-state index contributed by atoms with van der Waals surface area (Å²) < 4.78 is 26.8. The Labute approximate surface area is 127 Å². The van der Waals surface area contributed by atoms with Gasteiger partial charge in [-0.05, 0) is 37.7 Å². The second-order valence-corrected chi connectivity index (χ2v) is 8.25. The maximum absolute atomic E-state index is 11.8. The molecule has 21 heavy (non-hydrogen) atoms. The maximum Gasteiger partial charge on any atom is 0.240 e. The van der Waals surface area contributed by atoms with Crippen molar-refractivity contribution >= 4 is 38.0 Å². The summed E-state index contributed by atoms with van der Waals surface area (Å²) in [5.74, 6) is -0.135. The normalized spacial score (nSPS) is 21.4. The van der Waals surface area contributed by atoms with E-state index in [1.165, 1.54) is 11.5 Å². The molecule has 1 amide bonds. The highest BCUT2D eigenvalue weighted by Gasteiger charge is 2.29. The van der Waals surface area contributed by atoms with Gasteiger partial charge in [0.05, 0.1) is 28.5 Å². The monoisotopic (exact) mass is 330 g/mol. The zero-order chi connectivity index (χ0) is 15.6. The van der Waals surface area contributed by atoms with Crippen molar-refractivity contribution in [1.29, 1.82) is 0 Å². The van der Waals surface area contributed by atoms with Gasteiger partial charge in [-0.25, -0.2) is 13.8 Å². The van der Waals surface area contributed by atoms with Crippen LogP contribution in [0.5, 0.6) is 0 Å². The van der Waals surface area contributed by atoms with E-state index in [-0.39, 0.29) is 29.8 Å². The zero-order valence-corrected chi connectivity index (χ0v) is 13.6. The van der Waals surface area contributed by atoms with E-state index in [4.69, 9.17) is 5.73 Å². The van der Waals surface area contributed by atoms with E-state index in [1.54, 1.807) is 6.92 Å². The fraction of sp³-hybridized carbons (Fsp3) is 0.583. The third-order valence-corrected chi connectivity index (χ3v) is 6.00. The number of carbonyl (C=O) groups excluding carboxylic acids is 1. The molecular weight excluding hydrogens is 312 g/mol. The average molecular weight is 330 g/mol. The minimum atomic E-state index is -2.96. The number of sulfone groups is 1. The van der Waals surface area contributed by atoms with Crippen LogP contribution in [0.25, 0.3) is 0 Å². The Hall–Kier alpha value is -1.48. The van der Waals surface area contributed by atoms with Gasteiger partial charge in [-0.2, -0.15) is 9.47 Å². The number of nitrogens with zero attached hydrogens (tertiary/aromatic N) is 2. The molecule has 0 bridgehead atoms. The maximum atomic E-state index is 11.8. The van der Waals surface area contributed by atoms with Crippen LogP contribution in [0.4, 0.5) is 5.00 Å². The van der Waals surface area contributed by atoms with E-state index >= 15 is 0 Å². The number of hydrogen-bond acceptors (Lipinski definition) is 7. The van der Waals surface area contributed by atoms with Crippen LogP contribution < -0.4 is 11.2 Å². The zero-order valence-electron chi connectivity index (χ0n) is 11.9. The van der Waals surface area contributed by atoms with Crippen molar-refractivity contribution in [1.82, 2.24) is 9.80 Å². The van der Waals surface area contributed by atoms with Gasteiger partial charge < -0.3 is 5.73 Å². The number of amides is 1. The molecule has 0 aliphatic carbocycles. The second-order valence-electron chi connectivity index (χ2n) is 5.21. The van der Waals surface area contributed by atoms with E-state index in [2.05, 4.69) is 14.9 Å². The summed E-state index contributed by atoms with van der Waals surface area (Å²) in [6, 6.07) is 0. The Kier molecular flexibility index (Phi) is 4.62. The molecule has 1 saturated heterocycles. The molecule has 0 unspecified atom stereocenters. The van der Waals surface area contributed by atoms with Crippen molar-refractivity contribution in [2.45, 2.75) is 26.7 Å². The largest absolute Gasteiger partial charge is 0.389 e. The van der Waals surface area contributed by atoms with Gasteiger partial charge in [-0.1, -0.05) is 0 Å². The summed E-state index contributed by atoms with van der Waals surface area (Å²) in [6.45, 7) is 3.57. The molecule has 0 spiro atoms. The van der Waals surface area contributed by atoms with E-state index in [0.717, 1.165) is 11.3 Å². The first-order chi connectivity index (χ1) is 9.78. The molecule has 1 fully saturated rings. The lowest BCUT2D eigenvalue weighted by molar-refractivity contribution is -0.121. The number of aryl methyl sites for hydroxylation is 1. The van der Waals surface area contributed by atoms with Crippen LogP contribution >= 0.6 is 11.5 Å². The third kappa shape index (κ3) is 4.01. The molecule has 7 nitrogen and oxygen atoms in total. The third-order valence-electron chi connectivity index (χ3n) is 3.40. The van der Waals surface area contributed by atoms with Crippen LogP contribution in [0.2, 0.25) is 0 Å². The highest BCUT2D eigenvalue weighted by atomic mass is 32.2. The second kappa shape index (κ2) is 6.10. The van der Waals surface area contributed by atoms with E-state index < -0.39 is 9.84 Å². The Bertz CT molecular complexity index is 659. The quantitative estimate of drug-likeness (QED) is 0.623. The SMILES string of the molecule is C/C(=N/NC(=O)C[C@@H]1CCS(=O)(=O)C1)c1c(C)nsc1N. The molecule has 1 aromatic heterocycles. The molecule has 2 heterocycles. The van der Waals surface area contributed by atoms with Gasteiger partial charge in [-0.3, -0.25) is 4.79 Å². The van der Waals surface area contributed by atoms with Gasteiger partial charge in [0, 0.05) is 6.42 Å². The molecule has 2 rings (SSSR count). The highest BCUT2D eigenvalue weighted by molar-refractivity contribution is 7.91. The summed E-state index contributed by atoms with van der Waals surface area (Å²) in [5, 5.41) is 4.58. The lowest BCUT2D eigenvalue weighted by atomic mass is 10.1. The van der Waals surface area contributed by atoms with Crippen LogP contribution in [0.3, 0.4) is 0 Å². The summed E-state index contributed by atoms with van der Waals surface area (Å²) in [4.78, 5) is 11.8. The molecule has 1 aliphatic heterocycles. The topological polar surface area (TPSA) is 115 Å². The molecule has 0 saturated carbocycles. The summed E-state index contributed by atoms with van der Waals surface area (Å²) >= 11 is 1.19. The number of nitrogen functional groups attached to an aromatic ring is 1. The summed E-state index contributed by atoms with van der Waals surface area (Å²) in [7, 11) is -2.96. The van der Waals surface area contributed by atoms with E-state index in [0.29, 0.717) is 17.1 Å². The minimum Gasteiger partial charge on any atom is -0.389 e. The van der Waals surface area contributed by atoms with Crippen molar-refractivity contribution in [3.63, 3.8) is 0 Å². The van der Waals surface area contributed by atoms with Crippen molar-refractivity contribution in [2.24, 2.45) is 11.0 Å². The number of carbonyl (C=O) groups is 1. The highest BCUT2D eigenvalue weighted by Crippen LogP contribution is 2.22. The number of anilines is 1. The Morgan fingerprint density at radius 3 is 2.81 bits per heavy atom. The van der Waals surface area contributed by atoms with Crippen molar-refractivity contribution in [3.05, 3.63) is 11.3 Å². The first-order valence-corrected chi connectivity index (χ1v) is 9.13. The smallest absolute Gasteiger partial charge is 0.240 e. The summed E-state index contributed by atoms with van der Waals surface area (Å²) in [6.07, 6.45) is 0.714. The first kappa shape index (κ1) is 15.9. The Balaban J connectivity index is 1.93. The number of nitrogens with one attached hydrogen (secondary N) is 1.